The van der Waals surface area contributed by atoms with Crippen LogP contribution in [0.5, 0.6) is 5.75 Å². The van der Waals surface area contributed by atoms with Crippen molar-refractivity contribution in [2.24, 2.45) is 0 Å². The summed E-state index contributed by atoms with van der Waals surface area (Å²) in [6, 6.07) is 32.2. The third kappa shape index (κ3) is 3.93. The van der Waals surface area contributed by atoms with Gasteiger partial charge in [-0.25, -0.2) is 8.42 Å². The van der Waals surface area contributed by atoms with Gasteiger partial charge in [0.05, 0.1) is 4.90 Å². The molecule has 1 N–H and O–H groups in total. The lowest BCUT2D eigenvalue weighted by Crippen LogP contribution is -2.15. The molecule has 4 aromatic rings. The monoisotopic (exact) mass is 400 g/mol. The van der Waals surface area contributed by atoms with Gasteiger partial charge in [-0.3, -0.25) is 0 Å². The van der Waals surface area contributed by atoms with Crippen molar-refractivity contribution < 1.29 is 13.5 Å². The number of benzene rings is 4. The van der Waals surface area contributed by atoms with Crippen molar-refractivity contribution in [3.05, 3.63) is 120 Å². The molecule has 0 atom stereocenters. The van der Waals surface area contributed by atoms with E-state index in [1.165, 1.54) is 0 Å². The summed E-state index contributed by atoms with van der Waals surface area (Å²) in [7, 11) is -3.70. The molecule has 3 nitrogen and oxygen atoms in total. The molecule has 0 saturated carbocycles. The number of hydrogen-bond acceptors (Lipinski definition) is 3. The van der Waals surface area contributed by atoms with Gasteiger partial charge >= 0.3 is 0 Å². The van der Waals surface area contributed by atoms with Crippen LogP contribution in [0.1, 0.15) is 16.4 Å². The fourth-order valence-electron chi connectivity index (χ4n) is 3.45. The summed E-state index contributed by atoms with van der Waals surface area (Å²) < 4.78 is 27.5. The van der Waals surface area contributed by atoms with E-state index < -0.39 is 15.1 Å². The second kappa shape index (κ2) is 7.94. The van der Waals surface area contributed by atoms with Crippen molar-refractivity contribution >= 4 is 9.84 Å². The van der Waals surface area contributed by atoms with Crippen LogP contribution in [0.3, 0.4) is 0 Å². The minimum Gasteiger partial charge on any atom is -0.508 e. The van der Waals surface area contributed by atoms with Crippen LogP contribution >= 0.6 is 0 Å². The molecular formula is C25H20O3S. The Morgan fingerprint density at radius 3 is 1.69 bits per heavy atom. The molecule has 4 aromatic carbocycles. The van der Waals surface area contributed by atoms with Crippen LogP contribution in [0.15, 0.2) is 114 Å². The molecule has 0 spiro atoms. The maximum Gasteiger partial charge on any atom is 0.189 e. The van der Waals surface area contributed by atoms with Gasteiger partial charge in [0, 0.05) is 0 Å². The molecule has 144 valence electrons. The lowest BCUT2D eigenvalue weighted by molar-refractivity contribution is 0.475. The van der Waals surface area contributed by atoms with Crippen molar-refractivity contribution in [3.63, 3.8) is 0 Å². The van der Waals surface area contributed by atoms with Gasteiger partial charge in [-0.15, -0.1) is 0 Å². The van der Waals surface area contributed by atoms with Crippen molar-refractivity contribution in [3.8, 4) is 16.9 Å². The van der Waals surface area contributed by atoms with E-state index >= 15 is 0 Å². The highest BCUT2D eigenvalue weighted by Gasteiger charge is 2.30. The minimum absolute atomic E-state index is 0.172. The Hall–Kier alpha value is -3.37. The van der Waals surface area contributed by atoms with E-state index in [2.05, 4.69) is 0 Å². The van der Waals surface area contributed by atoms with E-state index in [0.29, 0.717) is 0 Å². The molecule has 0 radical (unpaired) electrons. The minimum atomic E-state index is -3.70. The van der Waals surface area contributed by atoms with Gasteiger partial charge in [0.1, 0.15) is 11.0 Å². The first kappa shape index (κ1) is 19.0. The molecule has 0 aliphatic rings. The van der Waals surface area contributed by atoms with Crippen molar-refractivity contribution in [1.29, 1.82) is 0 Å². The third-order valence-corrected chi connectivity index (χ3v) is 6.95. The molecule has 0 heterocycles. The zero-order valence-corrected chi connectivity index (χ0v) is 16.5. The van der Waals surface area contributed by atoms with Gasteiger partial charge in [0.2, 0.25) is 0 Å². The highest BCUT2D eigenvalue weighted by atomic mass is 32.2. The predicted octanol–water partition coefficient (Wildman–Crippen LogP) is 5.62. The SMILES string of the molecule is O=S(=O)(c1cccc(-c2ccc(O)cc2)c1)C(c1ccccc1)c1ccccc1. The van der Waals surface area contributed by atoms with E-state index in [1.807, 2.05) is 66.7 Å². The topological polar surface area (TPSA) is 54.4 Å². The molecule has 0 aliphatic carbocycles. The number of sulfone groups is 1. The van der Waals surface area contributed by atoms with E-state index in [9.17, 15) is 13.5 Å². The van der Waals surface area contributed by atoms with Gasteiger partial charge in [-0.1, -0.05) is 84.9 Å². The first-order chi connectivity index (χ1) is 14.1. The lowest BCUT2D eigenvalue weighted by Gasteiger charge is -2.19. The molecule has 0 fully saturated rings. The largest absolute Gasteiger partial charge is 0.508 e. The summed E-state index contributed by atoms with van der Waals surface area (Å²) in [5.74, 6) is 0.172. The summed E-state index contributed by atoms with van der Waals surface area (Å²) in [6.07, 6.45) is 0. The predicted molar refractivity (Wildman–Crippen MR) is 115 cm³/mol. The molecule has 0 unspecified atom stereocenters. The van der Waals surface area contributed by atoms with Gasteiger partial charge in [-0.2, -0.15) is 0 Å². The second-order valence-corrected chi connectivity index (χ2v) is 8.85. The van der Waals surface area contributed by atoms with E-state index in [-0.39, 0.29) is 10.6 Å². The summed E-state index contributed by atoms with van der Waals surface area (Å²) in [4.78, 5) is 0.265. The normalized spacial score (nSPS) is 11.5. The molecule has 29 heavy (non-hydrogen) atoms. The molecule has 0 saturated heterocycles. The smallest absolute Gasteiger partial charge is 0.189 e. The molecule has 0 bridgehead atoms. The Morgan fingerprint density at radius 1 is 0.586 bits per heavy atom. The van der Waals surface area contributed by atoms with Crippen LogP contribution in [0.2, 0.25) is 0 Å². The fourth-order valence-corrected chi connectivity index (χ4v) is 5.31. The molecule has 0 aromatic heterocycles. The zero-order chi connectivity index (χ0) is 20.3. The van der Waals surface area contributed by atoms with Crippen LogP contribution in [-0.4, -0.2) is 13.5 Å². The summed E-state index contributed by atoms with van der Waals surface area (Å²) >= 11 is 0. The Balaban J connectivity index is 1.83. The first-order valence-corrected chi connectivity index (χ1v) is 10.8. The van der Waals surface area contributed by atoms with Crippen molar-refractivity contribution in [1.82, 2.24) is 0 Å². The molecule has 0 aliphatic heterocycles. The van der Waals surface area contributed by atoms with Gasteiger partial charge in [-0.05, 0) is 46.5 Å². The van der Waals surface area contributed by atoms with E-state index in [1.54, 1.807) is 42.5 Å². The summed E-state index contributed by atoms with van der Waals surface area (Å²) in [5.41, 5.74) is 3.09. The quantitative estimate of drug-likeness (QED) is 0.473. The lowest BCUT2D eigenvalue weighted by atomic mass is 10.0. The van der Waals surface area contributed by atoms with Crippen LogP contribution < -0.4 is 0 Å². The van der Waals surface area contributed by atoms with Gasteiger partial charge < -0.3 is 5.11 Å². The third-order valence-electron chi connectivity index (χ3n) is 4.88. The van der Waals surface area contributed by atoms with Crippen molar-refractivity contribution in [2.45, 2.75) is 10.1 Å². The van der Waals surface area contributed by atoms with Crippen LogP contribution in [0, 0.1) is 0 Å². The average molecular weight is 400 g/mol. The first-order valence-electron chi connectivity index (χ1n) is 9.29. The van der Waals surface area contributed by atoms with Crippen LogP contribution in [0.25, 0.3) is 11.1 Å². The van der Waals surface area contributed by atoms with Gasteiger partial charge in [0.15, 0.2) is 9.84 Å². The Morgan fingerprint density at radius 2 is 1.14 bits per heavy atom. The van der Waals surface area contributed by atoms with Gasteiger partial charge in [0.25, 0.3) is 0 Å². The molecule has 0 amide bonds. The Bertz CT molecular complexity index is 1160. The zero-order valence-electron chi connectivity index (χ0n) is 15.6. The molecular weight excluding hydrogens is 380 g/mol. The summed E-state index contributed by atoms with van der Waals surface area (Å²) in [6.45, 7) is 0. The number of hydrogen-bond donors (Lipinski definition) is 1. The van der Waals surface area contributed by atoms with E-state index in [0.717, 1.165) is 22.3 Å². The summed E-state index contributed by atoms with van der Waals surface area (Å²) in [5, 5.41) is 8.72. The number of rotatable bonds is 5. The fraction of sp³-hybridized carbons (Fsp3) is 0.0400. The van der Waals surface area contributed by atoms with E-state index in [4.69, 9.17) is 0 Å². The maximum absolute atomic E-state index is 13.7. The number of phenols is 1. The van der Waals surface area contributed by atoms with Crippen LogP contribution in [0.4, 0.5) is 0 Å². The Labute approximate surface area is 170 Å². The number of aromatic hydroxyl groups is 1. The highest BCUT2D eigenvalue weighted by molar-refractivity contribution is 7.92. The Kier molecular flexibility index (Phi) is 5.19. The molecule has 4 rings (SSSR count). The second-order valence-electron chi connectivity index (χ2n) is 6.82. The van der Waals surface area contributed by atoms with Crippen molar-refractivity contribution in [2.75, 3.05) is 0 Å². The number of phenolic OH excluding ortho intramolecular Hbond substituents is 1. The highest BCUT2D eigenvalue weighted by Crippen LogP contribution is 2.36. The average Bonchev–Trinajstić information content (AvgIpc) is 2.76. The van der Waals surface area contributed by atoms with Crippen LogP contribution in [-0.2, 0) is 9.84 Å². The standard InChI is InChI=1S/C25H20O3S/c26-23-16-14-19(15-17-23)22-12-7-13-24(18-22)29(27,28)25(20-8-3-1-4-9-20)21-10-5-2-6-11-21/h1-18,25-26H. The maximum atomic E-state index is 13.7. The molecule has 4 heteroatoms.